The number of fused-ring (bicyclic) bond motifs is 1. The molecule has 0 bridgehead atoms. The molecule has 0 heteroatoms. The van der Waals surface area contributed by atoms with E-state index in [2.05, 4.69) is 33.4 Å². The van der Waals surface area contributed by atoms with Crippen LogP contribution in [0.1, 0.15) is 40.0 Å². The average molecular weight is 202 g/mol. The summed E-state index contributed by atoms with van der Waals surface area (Å²) >= 11 is 0. The topological polar surface area (TPSA) is 0 Å². The van der Waals surface area contributed by atoms with Crippen LogP contribution >= 0.6 is 0 Å². The summed E-state index contributed by atoms with van der Waals surface area (Å²) in [5.41, 5.74) is 3.72. The van der Waals surface area contributed by atoms with Gasteiger partial charge in [-0.25, -0.2) is 0 Å². The first-order valence-corrected chi connectivity index (χ1v) is 6.40. The van der Waals surface area contributed by atoms with Crippen LogP contribution in [-0.2, 0) is 0 Å². The lowest BCUT2D eigenvalue weighted by Gasteiger charge is -2.58. The van der Waals surface area contributed by atoms with Gasteiger partial charge in [-0.1, -0.05) is 37.6 Å². The van der Waals surface area contributed by atoms with E-state index in [-0.39, 0.29) is 0 Å². The van der Waals surface area contributed by atoms with Gasteiger partial charge >= 0.3 is 0 Å². The Morgan fingerprint density at radius 2 is 2.20 bits per heavy atom. The highest BCUT2D eigenvalue weighted by molar-refractivity contribution is 5.30. The fourth-order valence-electron chi connectivity index (χ4n) is 4.25. The minimum absolute atomic E-state index is 0.565. The maximum atomic E-state index is 4.23. The van der Waals surface area contributed by atoms with Crippen molar-refractivity contribution in [1.82, 2.24) is 0 Å². The van der Waals surface area contributed by atoms with Gasteiger partial charge in [-0.15, -0.1) is 0 Å². The summed E-state index contributed by atoms with van der Waals surface area (Å²) in [4.78, 5) is 0. The molecule has 0 saturated heterocycles. The highest BCUT2D eigenvalue weighted by atomic mass is 14.6. The first-order valence-electron chi connectivity index (χ1n) is 6.40. The Hall–Kier alpha value is -0.520. The van der Waals surface area contributed by atoms with Gasteiger partial charge in [0.2, 0.25) is 0 Å². The van der Waals surface area contributed by atoms with Crippen molar-refractivity contribution in [2.45, 2.75) is 40.0 Å². The van der Waals surface area contributed by atoms with Gasteiger partial charge in [0, 0.05) is 0 Å². The molecule has 0 unspecified atom stereocenters. The van der Waals surface area contributed by atoms with E-state index in [4.69, 9.17) is 0 Å². The predicted molar refractivity (Wildman–Crippen MR) is 64.5 cm³/mol. The average Bonchev–Trinajstić information content (AvgIpc) is 2.43. The molecule has 3 rings (SSSR count). The van der Waals surface area contributed by atoms with E-state index in [9.17, 15) is 0 Å². The van der Waals surface area contributed by atoms with Crippen molar-refractivity contribution in [2.24, 2.45) is 29.1 Å². The first-order chi connectivity index (χ1) is 7.04. The second-order valence-corrected chi connectivity index (χ2v) is 6.32. The molecule has 0 aromatic heterocycles. The van der Waals surface area contributed by atoms with Crippen LogP contribution in [0.4, 0.5) is 0 Å². The second kappa shape index (κ2) is 2.78. The maximum Gasteiger partial charge on any atom is -0.0131 e. The summed E-state index contributed by atoms with van der Waals surface area (Å²) in [6.07, 6.45) is 6.64. The molecule has 2 fully saturated rings. The minimum atomic E-state index is 0.565. The molecule has 3 aliphatic rings. The zero-order chi connectivity index (χ0) is 10.8. The Kier molecular flexibility index (Phi) is 1.80. The summed E-state index contributed by atoms with van der Waals surface area (Å²) in [6.45, 7) is 11.4. The third-order valence-electron chi connectivity index (χ3n) is 5.91. The maximum absolute atomic E-state index is 4.23. The Morgan fingerprint density at radius 1 is 1.47 bits per heavy atom. The molecule has 82 valence electrons. The monoisotopic (exact) mass is 202 g/mol. The van der Waals surface area contributed by atoms with Crippen LogP contribution in [0.25, 0.3) is 0 Å². The van der Waals surface area contributed by atoms with E-state index < -0.39 is 0 Å². The summed E-state index contributed by atoms with van der Waals surface area (Å²) < 4.78 is 0. The largest absolute Gasteiger partial charge is 0.0996 e. The number of allylic oxidation sites excluding steroid dienone is 3. The quantitative estimate of drug-likeness (QED) is 0.559. The van der Waals surface area contributed by atoms with Gasteiger partial charge in [0.25, 0.3) is 0 Å². The van der Waals surface area contributed by atoms with Gasteiger partial charge in [0.1, 0.15) is 0 Å². The third kappa shape index (κ3) is 1.03. The minimum Gasteiger partial charge on any atom is -0.0996 e. The van der Waals surface area contributed by atoms with Gasteiger partial charge in [-0.3, -0.25) is 0 Å². The lowest BCUT2D eigenvalue weighted by molar-refractivity contribution is -0.0211. The van der Waals surface area contributed by atoms with Crippen LogP contribution in [0.2, 0.25) is 0 Å². The van der Waals surface area contributed by atoms with Gasteiger partial charge in [0.15, 0.2) is 0 Å². The van der Waals surface area contributed by atoms with Crippen molar-refractivity contribution in [3.8, 4) is 0 Å². The van der Waals surface area contributed by atoms with Crippen molar-refractivity contribution in [3.05, 3.63) is 23.8 Å². The third-order valence-corrected chi connectivity index (χ3v) is 5.91. The van der Waals surface area contributed by atoms with Crippen molar-refractivity contribution in [3.63, 3.8) is 0 Å². The van der Waals surface area contributed by atoms with E-state index in [1.165, 1.54) is 24.8 Å². The molecule has 2 saturated carbocycles. The Labute approximate surface area is 93.5 Å². The molecule has 5 atom stereocenters. The molecule has 15 heavy (non-hydrogen) atoms. The van der Waals surface area contributed by atoms with Crippen LogP contribution < -0.4 is 0 Å². The van der Waals surface area contributed by atoms with E-state index in [1.807, 2.05) is 0 Å². The zero-order valence-corrected chi connectivity index (χ0v) is 10.2. The van der Waals surface area contributed by atoms with Crippen LogP contribution in [0.5, 0.6) is 0 Å². The summed E-state index contributed by atoms with van der Waals surface area (Å²) in [7, 11) is 0. The molecule has 3 aliphatic carbocycles. The fraction of sp³-hybridized carbons (Fsp3) is 0.733. The summed E-state index contributed by atoms with van der Waals surface area (Å²) in [5, 5.41) is 0. The fourth-order valence-corrected chi connectivity index (χ4v) is 4.25. The molecular weight excluding hydrogens is 180 g/mol. The van der Waals surface area contributed by atoms with E-state index in [0.29, 0.717) is 5.41 Å². The van der Waals surface area contributed by atoms with Crippen LogP contribution in [0.3, 0.4) is 0 Å². The molecular formula is C15H22. The first kappa shape index (κ1) is 9.69. The molecule has 0 spiro atoms. The zero-order valence-electron chi connectivity index (χ0n) is 10.2. The van der Waals surface area contributed by atoms with E-state index in [1.54, 1.807) is 5.57 Å². The summed E-state index contributed by atoms with van der Waals surface area (Å²) in [6, 6.07) is 0. The Bertz CT molecular complexity index is 349. The molecule has 0 aromatic carbocycles. The van der Waals surface area contributed by atoms with Gasteiger partial charge in [0.05, 0.1) is 0 Å². The SMILES string of the molecule is C=C1CC[C@@](C)([C@H]2C[C@@H]3C(C)=C[C@@H]32)[C@H]1C. The molecule has 0 heterocycles. The lowest BCUT2D eigenvalue weighted by atomic mass is 9.46. The Balaban J connectivity index is 1.81. The predicted octanol–water partition coefficient (Wildman–Crippen LogP) is 4.19. The van der Waals surface area contributed by atoms with Gasteiger partial charge < -0.3 is 0 Å². The van der Waals surface area contributed by atoms with Crippen molar-refractivity contribution >= 4 is 0 Å². The van der Waals surface area contributed by atoms with Crippen molar-refractivity contribution in [2.75, 3.05) is 0 Å². The lowest BCUT2D eigenvalue weighted by Crippen LogP contribution is -2.51. The highest BCUT2D eigenvalue weighted by Gasteiger charge is 2.56. The highest BCUT2D eigenvalue weighted by Crippen LogP contribution is 2.64. The smallest absolute Gasteiger partial charge is 0.0131 e. The number of hydrogen-bond donors (Lipinski definition) is 0. The molecule has 0 aromatic rings. The molecule has 0 amide bonds. The van der Waals surface area contributed by atoms with E-state index in [0.717, 1.165) is 23.7 Å². The van der Waals surface area contributed by atoms with E-state index >= 15 is 0 Å². The molecule has 0 N–H and O–H groups in total. The summed E-state index contributed by atoms with van der Waals surface area (Å²) in [5.74, 6) is 3.61. The second-order valence-electron chi connectivity index (χ2n) is 6.32. The molecule has 0 radical (unpaired) electrons. The van der Waals surface area contributed by atoms with Crippen LogP contribution in [0.15, 0.2) is 23.8 Å². The van der Waals surface area contributed by atoms with Crippen molar-refractivity contribution < 1.29 is 0 Å². The van der Waals surface area contributed by atoms with Gasteiger partial charge in [-0.2, -0.15) is 0 Å². The van der Waals surface area contributed by atoms with Crippen LogP contribution in [0, 0.1) is 29.1 Å². The van der Waals surface area contributed by atoms with Crippen LogP contribution in [-0.4, -0.2) is 0 Å². The molecule has 0 aliphatic heterocycles. The molecule has 0 nitrogen and oxygen atoms in total. The Morgan fingerprint density at radius 3 is 2.60 bits per heavy atom. The standard InChI is InChI=1S/C15H22/c1-9-5-6-15(4,11(9)3)14-8-12-10(2)7-13(12)14/h7,11-14H,1,5-6,8H2,2-4H3/t11-,12+,13-,14-,15+/m0/s1. The van der Waals surface area contributed by atoms with Gasteiger partial charge in [-0.05, 0) is 55.3 Å². The number of rotatable bonds is 1. The van der Waals surface area contributed by atoms with Crippen molar-refractivity contribution in [1.29, 1.82) is 0 Å². The number of hydrogen-bond acceptors (Lipinski definition) is 0. The normalized spacial score (nSPS) is 53.0.